The summed E-state index contributed by atoms with van der Waals surface area (Å²) in [7, 11) is 0. The number of hydrogen-bond donors (Lipinski definition) is 1. The summed E-state index contributed by atoms with van der Waals surface area (Å²) < 4.78 is 38.1. The number of aromatic nitrogens is 3. The van der Waals surface area contributed by atoms with E-state index in [-0.39, 0.29) is 37.1 Å². The third-order valence-corrected chi connectivity index (χ3v) is 6.85. The first kappa shape index (κ1) is 25.2. The van der Waals surface area contributed by atoms with Gasteiger partial charge in [-0.15, -0.1) is 0 Å². The lowest BCUT2D eigenvalue weighted by Crippen LogP contribution is -2.44. The van der Waals surface area contributed by atoms with Gasteiger partial charge in [-0.05, 0) is 17.7 Å². The Morgan fingerprint density at radius 3 is 2.86 bits per heavy atom. The summed E-state index contributed by atoms with van der Waals surface area (Å²) in [6.45, 7) is -1.92. The Bertz CT molecular complexity index is 1340. The van der Waals surface area contributed by atoms with Gasteiger partial charge in [0.1, 0.15) is 24.2 Å². The van der Waals surface area contributed by atoms with E-state index >= 15 is 0 Å². The maximum absolute atomic E-state index is 13.1. The van der Waals surface area contributed by atoms with Crippen LogP contribution in [0.25, 0.3) is 11.1 Å². The van der Waals surface area contributed by atoms with Gasteiger partial charge in [-0.1, -0.05) is 29.3 Å². The van der Waals surface area contributed by atoms with Gasteiger partial charge < -0.3 is 19.7 Å². The first-order valence-corrected chi connectivity index (χ1v) is 12.2. The summed E-state index contributed by atoms with van der Waals surface area (Å²) in [4.78, 5) is 30.6. The van der Waals surface area contributed by atoms with Crippen molar-refractivity contribution >= 4 is 35.2 Å². The number of pyridine rings is 1. The quantitative estimate of drug-likeness (QED) is 0.446. The highest BCUT2D eigenvalue weighted by Crippen LogP contribution is 2.34. The molecule has 2 atom stereocenters. The van der Waals surface area contributed by atoms with E-state index in [1.54, 1.807) is 23.1 Å². The number of alkyl halides is 2. The van der Waals surface area contributed by atoms with Crippen molar-refractivity contribution in [3.8, 4) is 16.9 Å². The van der Waals surface area contributed by atoms with Crippen LogP contribution in [0.1, 0.15) is 35.4 Å². The van der Waals surface area contributed by atoms with E-state index in [4.69, 9.17) is 32.7 Å². The number of benzene rings is 1. The second-order valence-electron chi connectivity index (χ2n) is 8.66. The van der Waals surface area contributed by atoms with Gasteiger partial charge in [-0.25, -0.2) is 9.48 Å². The molecule has 2 amide bonds. The van der Waals surface area contributed by atoms with Gasteiger partial charge >= 0.3 is 12.6 Å². The maximum Gasteiger partial charge on any atom is 0.410 e. The van der Waals surface area contributed by atoms with Gasteiger partial charge in [-0.3, -0.25) is 9.78 Å². The van der Waals surface area contributed by atoms with Crippen molar-refractivity contribution in [1.29, 1.82) is 0 Å². The molecule has 194 valence electrons. The highest BCUT2D eigenvalue weighted by Gasteiger charge is 2.39. The molecule has 2 aliphatic heterocycles. The Balaban J connectivity index is 1.38. The predicted octanol–water partition coefficient (Wildman–Crippen LogP) is 4.94. The molecule has 13 heteroatoms. The Hall–Kier alpha value is -3.44. The van der Waals surface area contributed by atoms with Gasteiger partial charge in [0.05, 0.1) is 12.2 Å². The standard InChI is InChI=1S/C24H21Cl2F2N5O4/c25-15-2-1-13(19(26)5-15)8-30-22(34)20-7-21(18(10-29-20)14-9-31-33(11-14)23(27)28)37-17-3-4-32-16(6-17)12-36-24(32)35/h1-2,5,7,9-11,16-17,23H,3-4,6,8,12H2,(H,30,34)/t16-,17-/m0/s1. The normalized spacial score (nSPS) is 19.1. The van der Waals surface area contributed by atoms with E-state index in [0.29, 0.717) is 56.6 Å². The van der Waals surface area contributed by atoms with E-state index in [9.17, 15) is 18.4 Å². The van der Waals surface area contributed by atoms with Crippen molar-refractivity contribution in [3.05, 3.63) is 64.2 Å². The molecule has 37 heavy (non-hydrogen) atoms. The SMILES string of the molecule is O=C(NCc1ccc(Cl)cc1Cl)c1cc(O[C@H]2CCN3C(=O)OC[C@@H]3C2)c(-c2cnn(C(F)F)c2)cn1. The number of carbonyl (C=O) groups excluding carboxylic acids is 2. The minimum atomic E-state index is -2.81. The van der Waals surface area contributed by atoms with Crippen LogP contribution in [-0.4, -0.2) is 57.0 Å². The Morgan fingerprint density at radius 2 is 2.11 bits per heavy atom. The summed E-state index contributed by atoms with van der Waals surface area (Å²) in [5.74, 6) is -0.183. The molecular weight excluding hydrogens is 531 g/mol. The van der Waals surface area contributed by atoms with Crippen LogP contribution in [0.2, 0.25) is 10.0 Å². The molecule has 2 saturated heterocycles. The number of halogens is 4. The summed E-state index contributed by atoms with van der Waals surface area (Å²) >= 11 is 12.1. The monoisotopic (exact) mass is 551 g/mol. The highest BCUT2D eigenvalue weighted by atomic mass is 35.5. The molecular formula is C24H21Cl2F2N5O4. The highest BCUT2D eigenvalue weighted by molar-refractivity contribution is 6.35. The van der Waals surface area contributed by atoms with Crippen LogP contribution in [-0.2, 0) is 11.3 Å². The van der Waals surface area contributed by atoms with E-state index in [0.717, 1.165) is 0 Å². The lowest BCUT2D eigenvalue weighted by Gasteiger charge is -2.32. The number of nitrogens with zero attached hydrogens (tertiary/aromatic N) is 4. The Morgan fingerprint density at radius 1 is 1.27 bits per heavy atom. The Kier molecular flexibility index (Phi) is 7.16. The molecule has 1 N–H and O–H groups in total. The van der Waals surface area contributed by atoms with E-state index < -0.39 is 12.5 Å². The predicted molar refractivity (Wildman–Crippen MR) is 130 cm³/mol. The fraction of sp³-hybridized carbons (Fsp3) is 0.333. The molecule has 0 aliphatic carbocycles. The van der Waals surface area contributed by atoms with E-state index in [1.807, 2.05) is 0 Å². The molecule has 0 saturated carbocycles. The number of amides is 2. The van der Waals surface area contributed by atoms with E-state index in [2.05, 4.69) is 15.4 Å². The summed E-state index contributed by atoms with van der Waals surface area (Å²) in [6.07, 6.45) is 4.30. The minimum absolute atomic E-state index is 0.0712. The lowest BCUT2D eigenvalue weighted by atomic mass is 10.0. The molecule has 2 aliphatic rings. The van der Waals surface area contributed by atoms with E-state index in [1.165, 1.54) is 24.7 Å². The zero-order valence-electron chi connectivity index (χ0n) is 19.2. The summed E-state index contributed by atoms with van der Waals surface area (Å²) in [5.41, 5.74) is 1.51. The number of piperidine rings is 1. The fourth-order valence-electron chi connectivity index (χ4n) is 4.34. The number of fused-ring (bicyclic) bond motifs is 1. The molecule has 9 nitrogen and oxygen atoms in total. The van der Waals surface area contributed by atoms with Crippen molar-refractivity contribution in [3.63, 3.8) is 0 Å². The number of carbonyl (C=O) groups is 2. The average molecular weight is 552 g/mol. The topological polar surface area (TPSA) is 98.6 Å². The van der Waals surface area contributed by atoms with Crippen molar-refractivity contribution in [2.24, 2.45) is 0 Å². The number of nitrogens with one attached hydrogen (secondary N) is 1. The maximum atomic E-state index is 13.1. The molecule has 1 aromatic carbocycles. The number of cyclic esters (lactones) is 1. The van der Waals surface area contributed by atoms with Gasteiger partial charge in [0, 0.05) is 65.6 Å². The van der Waals surface area contributed by atoms with Crippen molar-refractivity contribution in [2.45, 2.75) is 38.1 Å². The second kappa shape index (κ2) is 10.5. The smallest absolute Gasteiger partial charge is 0.410 e. The van der Waals surface area contributed by atoms with Crippen LogP contribution < -0.4 is 10.1 Å². The first-order valence-electron chi connectivity index (χ1n) is 11.4. The molecule has 0 bridgehead atoms. The zero-order chi connectivity index (χ0) is 26.1. The fourth-order valence-corrected chi connectivity index (χ4v) is 4.82. The molecule has 3 aromatic rings. The second-order valence-corrected chi connectivity index (χ2v) is 9.50. The van der Waals surface area contributed by atoms with Crippen LogP contribution in [0.4, 0.5) is 13.6 Å². The zero-order valence-corrected chi connectivity index (χ0v) is 20.8. The van der Waals surface area contributed by atoms with Crippen LogP contribution in [0.3, 0.4) is 0 Å². The lowest BCUT2D eigenvalue weighted by molar-refractivity contribution is 0.0566. The molecule has 2 fully saturated rings. The molecule has 0 unspecified atom stereocenters. The molecule has 2 aromatic heterocycles. The van der Waals surface area contributed by atoms with Crippen molar-refractivity contribution in [2.75, 3.05) is 13.2 Å². The van der Waals surface area contributed by atoms with Gasteiger partial charge in [0.25, 0.3) is 5.91 Å². The van der Waals surface area contributed by atoms with Gasteiger partial charge in [0.2, 0.25) is 0 Å². The third-order valence-electron chi connectivity index (χ3n) is 6.26. The molecule has 5 rings (SSSR count). The average Bonchev–Trinajstić information content (AvgIpc) is 3.51. The minimum Gasteiger partial charge on any atom is -0.489 e. The summed E-state index contributed by atoms with van der Waals surface area (Å²) in [6, 6.07) is 6.32. The molecule has 0 spiro atoms. The van der Waals surface area contributed by atoms with Crippen LogP contribution in [0.5, 0.6) is 5.75 Å². The number of rotatable bonds is 7. The third kappa shape index (κ3) is 5.47. The van der Waals surface area contributed by atoms with Crippen LogP contribution >= 0.6 is 23.2 Å². The van der Waals surface area contributed by atoms with Gasteiger partial charge in [-0.2, -0.15) is 13.9 Å². The summed E-state index contributed by atoms with van der Waals surface area (Å²) in [5, 5.41) is 7.34. The van der Waals surface area contributed by atoms with Crippen molar-refractivity contribution in [1.82, 2.24) is 25.0 Å². The molecule has 0 radical (unpaired) electrons. The number of hydrogen-bond acceptors (Lipinski definition) is 6. The molecule has 4 heterocycles. The van der Waals surface area contributed by atoms with Crippen LogP contribution in [0.15, 0.2) is 42.9 Å². The van der Waals surface area contributed by atoms with Gasteiger partial charge in [0.15, 0.2) is 0 Å². The van der Waals surface area contributed by atoms with Crippen molar-refractivity contribution < 1.29 is 27.8 Å². The Labute approximate surface area is 220 Å². The van der Waals surface area contributed by atoms with Crippen LogP contribution in [0, 0.1) is 0 Å². The number of ether oxygens (including phenoxy) is 2. The largest absolute Gasteiger partial charge is 0.489 e. The first-order chi connectivity index (χ1) is 17.8.